The molecule has 0 saturated carbocycles. The van der Waals surface area contributed by atoms with Crippen LogP contribution in [0.3, 0.4) is 0 Å². The van der Waals surface area contributed by atoms with Crippen molar-refractivity contribution in [2.24, 2.45) is 0 Å². The molecule has 0 spiro atoms. The van der Waals surface area contributed by atoms with Crippen LogP contribution in [0.1, 0.15) is 11.3 Å². The molecule has 0 atom stereocenters. The molecular formula is C31H18N4. The molecule has 6 rings (SSSR count). The lowest BCUT2D eigenvalue weighted by molar-refractivity contribution is 1.18. The minimum atomic E-state index is 0.404. The van der Waals surface area contributed by atoms with Crippen molar-refractivity contribution < 1.29 is 0 Å². The summed E-state index contributed by atoms with van der Waals surface area (Å²) in [7, 11) is 0. The van der Waals surface area contributed by atoms with Crippen LogP contribution in [0.4, 0.5) is 0 Å². The van der Waals surface area contributed by atoms with E-state index in [1.165, 1.54) is 0 Å². The van der Waals surface area contributed by atoms with Crippen molar-refractivity contribution in [3.05, 3.63) is 121 Å². The second kappa shape index (κ2) is 8.30. The molecule has 0 aliphatic rings. The Hall–Kier alpha value is -5.19. The molecule has 2 heterocycles. The number of nitrogens with zero attached hydrogens (tertiary/aromatic N) is 4. The topological polar surface area (TPSA) is 65.4 Å². The Labute approximate surface area is 202 Å². The van der Waals surface area contributed by atoms with Gasteiger partial charge in [0.15, 0.2) is 0 Å². The van der Waals surface area contributed by atoms with E-state index in [1.807, 2.05) is 42.5 Å². The fourth-order valence-electron chi connectivity index (χ4n) is 4.71. The number of hydrogen-bond acceptors (Lipinski definition) is 3. The van der Waals surface area contributed by atoms with Gasteiger partial charge in [-0.2, -0.15) is 10.5 Å². The highest BCUT2D eigenvalue weighted by Crippen LogP contribution is 2.37. The molecule has 4 heteroatoms. The second-order valence-corrected chi connectivity index (χ2v) is 8.34. The van der Waals surface area contributed by atoms with Gasteiger partial charge in [-0.1, -0.05) is 54.6 Å². The highest BCUT2D eigenvalue weighted by Gasteiger charge is 2.16. The number of fused-ring (bicyclic) bond motifs is 3. The van der Waals surface area contributed by atoms with Crippen LogP contribution >= 0.6 is 0 Å². The minimum Gasteiger partial charge on any atom is -0.309 e. The molecule has 4 nitrogen and oxygen atoms in total. The maximum absolute atomic E-state index is 9.46. The Bertz CT molecular complexity index is 1810. The lowest BCUT2D eigenvalue weighted by Gasteiger charge is -2.15. The maximum Gasteiger partial charge on any atom is 0.140 e. The predicted octanol–water partition coefficient (Wildman–Crippen LogP) is 7.26. The maximum atomic E-state index is 9.46. The van der Waals surface area contributed by atoms with E-state index in [9.17, 15) is 5.26 Å². The normalized spacial score (nSPS) is 10.8. The fraction of sp³-hybridized carbons (Fsp3) is 0. The van der Waals surface area contributed by atoms with Crippen molar-refractivity contribution in [3.8, 4) is 40.1 Å². The van der Waals surface area contributed by atoms with Crippen LogP contribution in [-0.4, -0.2) is 9.55 Å². The number of aromatic nitrogens is 2. The van der Waals surface area contributed by atoms with Gasteiger partial charge >= 0.3 is 0 Å². The average Bonchev–Trinajstić information content (AvgIpc) is 3.26. The molecular weight excluding hydrogens is 428 g/mol. The first-order valence-electron chi connectivity index (χ1n) is 11.3. The zero-order valence-corrected chi connectivity index (χ0v) is 18.7. The third-order valence-electron chi connectivity index (χ3n) is 6.33. The van der Waals surface area contributed by atoms with Gasteiger partial charge in [0.1, 0.15) is 11.8 Å². The van der Waals surface area contributed by atoms with Crippen molar-refractivity contribution in [1.29, 1.82) is 10.5 Å². The third-order valence-corrected chi connectivity index (χ3v) is 6.33. The van der Waals surface area contributed by atoms with Gasteiger partial charge in [-0.25, -0.2) is 4.98 Å². The summed E-state index contributed by atoms with van der Waals surface area (Å²) < 4.78 is 2.27. The first-order chi connectivity index (χ1) is 17.3. The largest absolute Gasteiger partial charge is 0.309 e. The van der Waals surface area contributed by atoms with E-state index in [0.717, 1.165) is 49.7 Å². The van der Waals surface area contributed by atoms with Gasteiger partial charge < -0.3 is 4.57 Å². The second-order valence-electron chi connectivity index (χ2n) is 8.34. The molecule has 6 aromatic rings. The molecule has 0 bridgehead atoms. The first kappa shape index (κ1) is 20.4. The fourth-order valence-corrected chi connectivity index (χ4v) is 4.71. The number of hydrogen-bond donors (Lipinski definition) is 0. The standard InChI is InChI=1S/C31H18N4/c32-18-21-12-15-31-28(16-21)27-9-2-4-11-30(27)35(31)29-10-3-1-8-26(29)23-7-5-6-22(17-23)24-13-14-25(19-33)34-20-24/h1-17,20H. The molecule has 4 aromatic carbocycles. The third kappa shape index (κ3) is 3.42. The van der Waals surface area contributed by atoms with Gasteiger partial charge in [0.25, 0.3) is 0 Å². The Balaban J connectivity index is 1.57. The van der Waals surface area contributed by atoms with Crippen molar-refractivity contribution in [2.75, 3.05) is 0 Å². The Morgan fingerprint density at radius 3 is 2.23 bits per heavy atom. The summed E-state index contributed by atoms with van der Waals surface area (Å²) in [6.45, 7) is 0. The average molecular weight is 447 g/mol. The Morgan fingerprint density at radius 2 is 1.40 bits per heavy atom. The van der Waals surface area contributed by atoms with Gasteiger partial charge in [-0.15, -0.1) is 0 Å². The number of pyridine rings is 1. The zero-order chi connectivity index (χ0) is 23.8. The summed E-state index contributed by atoms with van der Waals surface area (Å²) in [6.07, 6.45) is 1.74. The molecule has 0 N–H and O–H groups in total. The molecule has 0 saturated heterocycles. The summed E-state index contributed by atoms with van der Waals surface area (Å²) in [4.78, 5) is 4.23. The van der Waals surface area contributed by atoms with E-state index in [4.69, 9.17) is 5.26 Å². The summed E-state index contributed by atoms with van der Waals surface area (Å²) >= 11 is 0. The molecule has 0 amide bonds. The quantitative estimate of drug-likeness (QED) is 0.287. The van der Waals surface area contributed by atoms with E-state index in [0.29, 0.717) is 11.3 Å². The van der Waals surface area contributed by atoms with E-state index < -0.39 is 0 Å². The van der Waals surface area contributed by atoms with Gasteiger partial charge in [0, 0.05) is 28.1 Å². The molecule has 0 fully saturated rings. The highest BCUT2D eigenvalue weighted by molar-refractivity contribution is 6.10. The van der Waals surface area contributed by atoms with Gasteiger partial charge in [-0.05, 0) is 59.7 Å². The number of para-hydroxylation sites is 2. The predicted molar refractivity (Wildman–Crippen MR) is 139 cm³/mol. The Kier molecular flexibility index (Phi) is 4.84. The summed E-state index contributed by atoms with van der Waals surface area (Å²) in [5.74, 6) is 0. The number of rotatable bonds is 3. The van der Waals surface area contributed by atoms with Crippen LogP contribution in [0.25, 0.3) is 49.7 Å². The van der Waals surface area contributed by atoms with Gasteiger partial charge in [-0.3, -0.25) is 0 Å². The van der Waals surface area contributed by atoms with Crippen molar-refractivity contribution in [2.45, 2.75) is 0 Å². The van der Waals surface area contributed by atoms with Crippen molar-refractivity contribution >= 4 is 21.8 Å². The van der Waals surface area contributed by atoms with Crippen LogP contribution in [0.5, 0.6) is 0 Å². The van der Waals surface area contributed by atoms with E-state index in [2.05, 4.69) is 76.3 Å². The van der Waals surface area contributed by atoms with Crippen molar-refractivity contribution in [3.63, 3.8) is 0 Å². The molecule has 35 heavy (non-hydrogen) atoms. The van der Waals surface area contributed by atoms with Crippen LogP contribution in [-0.2, 0) is 0 Å². The first-order valence-corrected chi connectivity index (χ1v) is 11.3. The smallest absolute Gasteiger partial charge is 0.140 e. The molecule has 0 unspecified atom stereocenters. The molecule has 0 aliphatic carbocycles. The summed E-state index contributed by atoms with van der Waals surface area (Å²) in [5.41, 5.74) is 8.46. The molecule has 162 valence electrons. The molecule has 0 aliphatic heterocycles. The molecule has 2 aromatic heterocycles. The molecule has 0 radical (unpaired) electrons. The number of benzene rings is 4. The van der Waals surface area contributed by atoms with Crippen molar-refractivity contribution in [1.82, 2.24) is 9.55 Å². The van der Waals surface area contributed by atoms with Crippen LogP contribution in [0, 0.1) is 22.7 Å². The van der Waals surface area contributed by atoms with E-state index in [-0.39, 0.29) is 0 Å². The van der Waals surface area contributed by atoms with Crippen LogP contribution in [0.15, 0.2) is 109 Å². The lowest BCUT2D eigenvalue weighted by atomic mass is 9.98. The van der Waals surface area contributed by atoms with E-state index in [1.54, 1.807) is 12.3 Å². The van der Waals surface area contributed by atoms with Crippen LogP contribution < -0.4 is 0 Å². The SMILES string of the molecule is N#Cc1ccc2c(c1)c1ccccc1n2-c1ccccc1-c1cccc(-c2ccc(C#N)nc2)c1. The number of nitriles is 2. The van der Waals surface area contributed by atoms with E-state index >= 15 is 0 Å². The Morgan fingerprint density at radius 1 is 0.600 bits per heavy atom. The minimum absolute atomic E-state index is 0.404. The summed E-state index contributed by atoms with van der Waals surface area (Å²) in [5, 5.41) is 20.7. The monoisotopic (exact) mass is 446 g/mol. The van der Waals surface area contributed by atoms with Gasteiger partial charge in [0.2, 0.25) is 0 Å². The van der Waals surface area contributed by atoms with Gasteiger partial charge in [0.05, 0.1) is 28.4 Å². The lowest BCUT2D eigenvalue weighted by Crippen LogP contribution is -1.97. The van der Waals surface area contributed by atoms with Crippen LogP contribution in [0.2, 0.25) is 0 Å². The summed E-state index contributed by atoms with van der Waals surface area (Å²) in [6, 6.07) is 38.9. The zero-order valence-electron chi connectivity index (χ0n) is 18.7. The highest BCUT2D eigenvalue weighted by atomic mass is 15.0.